The molecule has 0 fully saturated rings. The fourth-order valence-electron chi connectivity index (χ4n) is 4.82. The zero-order valence-electron chi connectivity index (χ0n) is 30.4. The number of ketones is 1. The van der Waals surface area contributed by atoms with Crippen molar-refractivity contribution in [2.75, 3.05) is 0 Å². The molecule has 4 rings (SSSR count). The smallest absolute Gasteiger partial charge is 0.164 e. The molecule has 0 atom stereocenters. The monoisotopic (exact) mass is 877 g/mol. The number of carbonyl (C=O) groups is 1. The van der Waals surface area contributed by atoms with Crippen LogP contribution >= 0.6 is 0 Å². The van der Waals surface area contributed by atoms with E-state index in [0.29, 0.717) is 5.56 Å². The molecule has 4 aromatic rings. The minimum Gasteiger partial charge on any atom is -0.512 e. The van der Waals surface area contributed by atoms with Crippen LogP contribution in [0.3, 0.4) is 0 Å². The van der Waals surface area contributed by atoms with Crippen LogP contribution in [0.4, 0.5) is 4.39 Å². The Balaban J connectivity index is 0.000000410. The van der Waals surface area contributed by atoms with Crippen molar-refractivity contribution in [1.29, 1.82) is 0 Å². The molecule has 3 nitrogen and oxygen atoms in total. The number of hydrogen-bond donors (Lipinski definition) is 1. The Kier molecular flexibility index (Phi) is 13.6. The van der Waals surface area contributed by atoms with Gasteiger partial charge in [-0.1, -0.05) is 47.6 Å². The predicted molar refractivity (Wildman–Crippen MR) is 197 cm³/mol. The van der Waals surface area contributed by atoms with Crippen LogP contribution in [0.5, 0.6) is 0 Å². The zero-order valence-corrected chi connectivity index (χ0v) is 34.8. The van der Waals surface area contributed by atoms with Crippen molar-refractivity contribution in [3.05, 3.63) is 96.1 Å². The van der Waals surface area contributed by atoms with Crippen molar-refractivity contribution in [3.8, 4) is 22.4 Å². The van der Waals surface area contributed by atoms with Crippen LogP contribution in [0.2, 0.25) is 17.3 Å². The normalized spacial score (nSPS) is 12.7. The fourth-order valence-corrected chi connectivity index (χ4v) is 7.26. The minimum absolute atomic E-state index is 0. The topological polar surface area (TPSA) is 50.2 Å². The Bertz CT molecular complexity index is 1710. The molecule has 0 bridgehead atoms. The maximum absolute atomic E-state index is 14.8. The molecule has 1 heterocycles. The summed E-state index contributed by atoms with van der Waals surface area (Å²) in [5, 5.41) is 12.1. The SMILES string of the molecule is CC(C)(C)c1cc(-c2cc(-c3cc[c]([Ge]([CH3])([CH3])[CH3])cc3)c(F)cn2)[c-]c2ccccc12.CCC(C)(C)C(=O)/C=C(\O)C(C)(C)CC.[Ir]. The molecule has 0 aliphatic carbocycles. The van der Waals surface area contributed by atoms with Crippen LogP contribution < -0.4 is 4.40 Å². The molecule has 47 heavy (non-hydrogen) atoms. The van der Waals surface area contributed by atoms with Crippen molar-refractivity contribution in [2.45, 2.75) is 97.8 Å². The van der Waals surface area contributed by atoms with E-state index in [1.807, 2.05) is 65.8 Å². The third-order valence-electron chi connectivity index (χ3n) is 9.17. The average molecular weight is 876 g/mol. The quantitative estimate of drug-likeness (QED) is 0.0830. The van der Waals surface area contributed by atoms with E-state index < -0.39 is 13.3 Å². The fraction of sp³-hybridized carbons (Fsp3) is 0.415. The summed E-state index contributed by atoms with van der Waals surface area (Å²) in [4.78, 5) is 16.3. The number of aliphatic hydroxyl groups excluding tert-OH is 1. The van der Waals surface area contributed by atoms with E-state index >= 15 is 0 Å². The number of allylic oxidation sites excluding steroid dienone is 2. The van der Waals surface area contributed by atoms with Gasteiger partial charge in [-0.15, -0.1) is 0 Å². The summed E-state index contributed by atoms with van der Waals surface area (Å²) in [7, 11) is 0. The van der Waals surface area contributed by atoms with Gasteiger partial charge < -0.3 is 5.11 Å². The second-order valence-electron chi connectivity index (χ2n) is 15.6. The Labute approximate surface area is 299 Å². The number of halogens is 1. The summed E-state index contributed by atoms with van der Waals surface area (Å²) in [6.07, 6.45) is 4.32. The summed E-state index contributed by atoms with van der Waals surface area (Å²) in [6.45, 7) is 18.3. The largest absolute Gasteiger partial charge is 0.512 e. The van der Waals surface area contributed by atoms with E-state index in [1.165, 1.54) is 27.6 Å². The maximum atomic E-state index is 14.8. The Hall–Kier alpha value is -2.60. The van der Waals surface area contributed by atoms with Crippen molar-refractivity contribution >= 4 is 34.2 Å². The number of carbonyl (C=O) groups excluding carboxylic acids is 1. The van der Waals surface area contributed by atoms with Gasteiger partial charge in [0.05, 0.1) is 0 Å². The summed E-state index contributed by atoms with van der Waals surface area (Å²) < 4.78 is 16.2. The molecular formula is C41H53FGeIrNO2-. The van der Waals surface area contributed by atoms with E-state index in [9.17, 15) is 14.3 Å². The third kappa shape index (κ3) is 10.2. The van der Waals surface area contributed by atoms with Gasteiger partial charge in [0.25, 0.3) is 0 Å². The predicted octanol–water partition coefficient (Wildman–Crippen LogP) is 11.2. The van der Waals surface area contributed by atoms with Crippen molar-refractivity contribution in [1.82, 2.24) is 4.98 Å². The summed E-state index contributed by atoms with van der Waals surface area (Å²) >= 11 is -1.91. The molecule has 0 saturated heterocycles. The molecule has 1 aromatic heterocycles. The summed E-state index contributed by atoms with van der Waals surface area (Å²) in [6, 6.07) is 24.2. The molecular weight excluding hydrogens is 822 g/mol. The van der Waals surface area contributed by atoms with Crippen LogP contribution in [0.1, 0.15) is 80.7 Å². The van der Waals surface area contributed by atoms with Gasteiger partial charge in [-0.2, -0.15) is 0 Å². The van der Waals surface area contributed by atoms with E-state index in [1.54, 1.807) is 0 Å². The van der Waals surface area contributed by atoms with Crippen molar-refractivity contribution in [3.63, 3.8) is 0 Å². The number of benzene rings is 3. The Morgan fingerprint density at radius 1 is 0.894 bits per heavy atom. The van der Waals surface area contributed by atoms with Crippen LogP contribution in [0, 0.1) is 22.7 Å². The molecule has 6 heteroatoms. The molecule has 1 N–H and O–H groups in total. The van der Waals surface area contributed by atoms with Crippen LogP contribution in [0.15, 0.2) is 78.7 Å². The number of nitrogens with zero attached hydrogens (tertiary/aromatic N) is 1. The van der Waals surface area contributed by atoms with Gasteiger partial charge in [-0.25, -0.2) is 0 Å². The Morgan fingerprint density at radius 2 is 1.47 bits per heavy atom. The first-order valence-electron chi connectivity index (χ1n) is 16.4. The number of fused-ring (bicyclic) bond motifs is 1. The molecule has 0 amide bonds. The second-order valence-corrected chi connectivity index (χ2v) is 26.3. The molecule has 1 radical (unpaired) electrons. The second kappa shape index (κ2) is 15.7. The maximum Gasteiger partial charge on any atom is 0.164 e. The van der Waals surface area contributed by atoms with Gasteiger partial charge in [0.2, 0.25) is 0 Å². The molecule has 0 aliphatic rings. The number of rotatable bonds is 8. The van der Waals surface area contributed by atoms with Gasteiger partial charge in [0, 0.05) is 37.0 Å². The number of pyridine rings is 1. The van der Waals surface area contributed by atoms with E-state index in [4.69, 9.17) is 0 Å². The van der Waals surface area contributed by atoms with Gasteiger partial charge in [-0.3, -0.25) is 4.79 Å². The first-order valence-corrected chi connectivity index (χ1v) is 23.7. The van der Waals surface area contributed by atoms with E-state index in [-0.39, 0.29) is 53.7 Å². The minimum atomic E-state index is -1.91. The Morgan fingerprint density at radius 3 is 2.00 bits per heavy atom. The van der Waals surface area contributed by atoms with Gasteiger partial charge in [-0.05, 0) is 12.8 Å². The van der Waals surface area contributed by atoms with E-state index in [2.05, 4.69) is 85.5 Å². The van der Waals surface area contributed by atoms with Crippen molar-refractivity contribution in [2.24, 2.45) is 10.8 Å². The standard InChI is InChI=1S/C28H29FGeN.C13H24O2.Ir/c1-28(2,3)25-16-21(15-20-9-7-8-10-23(20)25)27-17-24(26(29)18-31-27)19-11-13-22(14-12-19)30(4,5)6;1-7-12(3,4)10(14)9-11(15)13(5,6)8-2;/h7-14,16-18H,1-6H3;9,14H,7-8H2,1-6H3;/q-1;;/b;10-9-;. The summed E-state index contributed by atoms with van der Waals surface area (Å²) in [5.74, 6) is 6.99. The first kappa shape index (κ1) is 40.6. The molecule has 0 aliphatic heterocycles. The van der Waals surface area contributed by atoms with Crippen LogP contribution in [0.25, 0.3) is 33.2 Å². The molecule has 0 unspecified atom stereocenters. The zero-order chi connectivity index (χ0) is 34.7. The average Bonchev–Trinajstić information content (AvgIpc) is 3.00. The van der Waals surface area contributed by atoms with Crippen LogP contribution in [-0.2, 0) is 30.3 Å². The van der Waals surface area contributed by atoms with Gasteiger partial charge in [0.15, 0.2) is 5.78 Å². The number of aliphatic hydroxyl groups is 1. The van der Waals surface area contributed by atoms with Gasteiger partial charge >= 0.3 is 182 Å². The first-order chi connectivity index (χ1) is 21.2. The third-order valence-corrected chi connectivity index (χ3v) is 13.5. The molecule has 0 spiro atoms. The van der Waals surface area contributed by atoms with Gasteiger partial charge in [0.1, 0.15) is 5.76 Å². The summed E-state index contributed by atoms with van der Waals surface area (Å²) in [5.41, 5.74) is 3.63. The number of hydrogen-bond acceptors (Lipinski definition) is 3. The molecule has 3 aromatic carbocycles. The van der Waals surface area contributed by atoms with Crippen LogP contribution in [-0.4, -0.2) is 29.1 Å². The number of aromatic nitrogens is 1. The molecule has 0 saturated carbocycles. The molecule has 255 valence electrons. The van der Waals surface area contributed by atoms with E-state index in [0.717, 1.165) is 35.0 Å². The van der Waals surface area contributed by atoms with Crippen molar-refractivity contribution < 1.29 is 34.4 Å².